The van der Waals surface area contributed by atoms with Crippen LogP contribution in [0, 0.1) is 0 Å². The van der Waals surface area contributed by atoms with Gasteiger partial charge in [0, 0.05) is 42.7 Å². The average Bonchev–Trinajstić information content (AvgIpc) is 3.11. The van der Waals surface area contributed by atoms with E-state index < -0.39 is 0 Å². The fourth-order valence-corrected chi connectivity index (χ4v) is 4.11. The molecule has 0 saturated carbocycles. The fourth-order valence-electron chi connectivity index (χ4n) is 3.85. The van der Waals surface area contributed by atoms with E-state index in [1.54, 1.807) is 0 Å². The van der Waals surface area contributed by atoms with Crippen molar-refractivity contribution >= 4 is 21.8 Å². The van der Waals surface area contributed by atoms with Gasteiger partial charge in [0.25, 0.3) is 0 Å². The highest BCUT2D eigenvalue weighted by Crippen LogP contribution is 2.25. The zero-order chi connectivity index (χ0) is 18.0. The van der Waals surface area contributed by atoms with Gasteiger partial charge in [0.15, 0.2) is 0 Å². The van der Waals surface area contributed by atoms with Crippen LogP contribution < -0.4 is 10.9 Å². The minimum Gasteiger partial charge on any atom is -0.341 e. The first kappa shape index (κ1) is 18.8. The van der Waals surface area contributed by atoms with Crippen molar-refractivity contribution in [3.8, 4) is 0 Å². The first-order valence-corrected chi connectivity index (χ1v) is 10.0. The Morgan fingerprint density at radius 1 is 1.20 bits per heavy atom. The largest absolute Gasteiger partial charge is 0.341 e. The molecule has 2 N–H and O–H groups in total. The summed E-state index contributed by atoms with van der Waals surface area (Å²) in [5, 5.41) is 0. The molecular formula is C19H29BrN4O. The summed E-state index contributed by atoms with van der Waals surface area (Å²) in [6.07, 6.45) is 2.92. The molecule has 1 aromatic carbocycles. The molecular weight excluding hydrogens is 380 g/mol. The molecule has 0 radical (unpaired) electrons. The number of hydrogen-bond donors (Lipinski definition) is 2. The number of nitrogens with one attached hydrogen (secondary N) is 2. The average molecular weight is 409 g/mol. The van der Waals surface area contributed by atoms with E-state index in [9.17, 15) is 4.79 Å². The first-order valence-electron chi connectivity index (χ1n) is 9.23. The van der Waals surface area contributed by atoms with Gasteiger partial charge in [-0.2, -0.15) is 0 Å². The maximum Gasteiger partial charge on any atom is 0.241 e. The number of hydrazine groups is 1. The Balaban J connectivity index is 1.54. The molecule has 138 valence electrons. The van der Waals surface area contributed by atoms with Crippen molar-refractivity contribution in [3.63, 3.8) is 0 Å². The Morgan fingerprint density at radius 3 is 2.44 bits per heavy atom. The summed E-state index contributed by atoms with van der Waals surface area (Å²) < 4.78 is 1.07. The predicted octanol–water partition coefficient (Wildman–Crippen LogP) is 2.69. The van der Waals surface area contributed by atoms with Gasteiger partial charge in [-0.15, -0.1) is 0 Å². The molecule has 25 heavy (non-hydrogen) atoms. The number of piperidine rings is 1. The number of amides is 1. The van der Waals surface area contributed by atoms with Crippen molar-refractivity contribution in [2.45, 2.75) is 57.3 Å². The summed E-state index contributed by atoms with van der Waals surface area (Å²) >= 11 is 3.47. The highest BCUT2D eigenvalue weighted by atomic mass is 79.9. The zero-order valence-electron chi connectivity index (χ0n) is 15.3. The number of benzene rings is 1. The molecule has 1 amide bonds. The highest BCUT2D eigenvalue weighted by molar-refractivity contribution is 9.10. The van der Waals surface area contributed by atoms with E-state index in [1.807, 2.05) is 24.1 Å². The molecule has 0 bridgehead atoms. The molecule has 2 saturated heterocycles. The second-order valence-electron chi connectivity index (χ2n) is 7.49. The van der Waals surface area contributed by atoms with Crippen LogP contribution in [0.4, 0.5) is 0 Å². The van der Waals surface area contributed by atoms with E-state index in [2.05, 4.69) is 57.7 Å². The fraction of sp³-hybridized carbons (Fsp3) is 0.632. The van der Waals surface area contributed by atoms with E-state index in [0.29, 0.717) is 12.1 Å². The normalized spacial score (nSPS) is 25.5. The van der Waals surface area contributed by atoms with Gasteiger partial charge in [0.1, 0.15) is 6.04 Å². The number of carbonyl (C=O) groups is 1. The molecule has 2 unspecified atom stereocenters. The van der Waals surface area contributed by atoms with E-state index in [1.165, 1.54) is 5.56 Å². The molecule has 6 heteroatoms. The summed E-state index contributed by atoms with van der Waals surface area (Å²) in [6, 6.07) is 9.26. The minimum absolute atomic E-state index is 0.151. The van der Waals surface area contributed by atoms with Gasteiger partial charge in [-0.25, -0.2) is 10.9 Å². The highest BCUT2D eigenvalue weighted by Gasteiger charge is 2.35. The van der Waals surface area contributed by atoms with Crippen LogP contribution in [0.25, 0.3) is 0 Å². The molecule has 1 aromatic rings. The van der Waals surface area contributed by atoms with Crippen LogP contribution in [0.15, 0.2) is 28.7 Å². The monoisotopic (exact) mass is 408 g/mol. The Kier molecular flexibility index (Phi) is 6.15. The lowest BCUT2D eigenvalue weighted by Crippen LogP contribution is -2.51. The van der Waals surface area contributed by atoms with Gasteiger partial charge < -0.3 is 9.80 Å². The summed E-state index contributed by atoms with van der Waals surface area (Å²) in [5.74, 6) is 0.204. The maximum absolute atomic E-state index is 12.9. The number of carbonyl (C=O) groups excluding carboxylic acids is 1. The van der Waals surface area contributed by atoms with Crippen molar-refractivity contribution < 1.29 is 4.79 Å². The lowest BCUT2D eigenvalue weighted by Gasteiger charge is -2.39. The SMILES string of the molecule is CC(C)N1CCC(N(C)C(=O)C2CC(c3ccc(Br)cc3)NN2)CC1. The van der Waals surface area contributed by atoms with E-state index >= 15 is 0 Å². The second-order valence-corrected chi connectivity index (χ2v) is 8.41. The molecule has 2 aliphatic rings. The van der Waals surface area contributed by atoms with Crippen LogP contribution in [0.2, 0.25) is 0 Å². The lowest BCUT2D eigenvalue weighted by atomic mass is 9.99. The Hall–Kier alpha value is -0.950. The standard InChI is InChI=1S/C19H29BrN4O/c1-13(2)24-10-8-16(9-11-24)23(3)19(25)18-12-17(21-22-18)14-4-6-15(20)7-5-14/h4-7,13,16-18,21-22H,8-12H2,1-3H3. The van der Waals surface area contributed by atoms with Crippen LogP contribution in [0.1, 0.15) is 44.7 Å². The van der Waals surface area contributed by atoms with Crippen LogP contribution in [-0.2, 0) is 4.79 Å². The quantitative estimate of drug-likeness (QED) is 0.803. The summed E-state index contributed by atoms with van der Waals surface area (Å²) in [4.78, 5) is 17.4. The molecule has 2 atom stereocenters. The van der Waals surface area contributed by atoms with Crippen LogP contribution in [-0.4, -0.2) is 54.0 Å². The van der Waals surface area contributed by atoms with Crippen LogP contribution >= 0.6 is 15.9 Å². The van der Waals surface area contributed by atoms with Gasteiger partial charge in [-0.05, 0) is 50.8 Å². The number of halogens is 1. The molecule has 0 spiro atoms. The lowest BCUT2D eigenvalue weighted by molar-refractivity contribution is -0.134. The molecule has 2 aliphatic heterocycles. The summed E-state index contributed by atoms with van der Waals surface area (Å²) in [5.41, 5.74) is 7.69. The maximum atomic E-state index is 12.9. The smallest absolute Gasteiger partial charge is 0.241 e. The van der Waals surface area contributed by atoms with Gasteiger partial charge in [-0.3, -0.25) is 4.79 Å². The van der Waals surface area contributed by atoms with Crippen molar-refractivity contribution in [1.82, 2.24) is 20.7 Å². The third-order valence-electron chi connectivity index (χ3n) is 5.60. The van der Waals surface area contributed by atoms with Crippen molar-refractivity contribution in [3.05, 3.63) is 34.3 Å². The molecule has 5 nitrogen and oxygen atoms in total. The van der Waals surface area contributed by atoms with Gasteiger partial charge in [0.2, 0.25) is 5.91 Å². The summed E-state index contributed by atoms with van der Waals surface area (Å²) in [6.45, 7) is 6.65. The number of likely N-dealkylation sites (tertiary alicyclic amines) is 1. The molecule has 0 aliphatic carbocycles. The van der Waals surface area contributed by atoms with Crippen molar-refractivity contribution in [2.75, 3.05) is 20.1 Å². The van der Waals surface area contributed by atoms with E-state index in [4.69, 9.17) is 0 Å². The zero-order valence-corrected chi connectivity index (χ0v) is 16.9. The van der Waals surface area contributed by atoms with Crippen molar-refractivity contribution in [2.24, 2.45) is 0 Å². The summed E-state index contributed by atoms with van der Waals surface area (Å²) in [7, 11) is 1.96. The van der Waals surface area contributed by atoms with Gasteiger partial charge >= 0.3 is 0 Å². The topological polar surface area (TPSA) is 47.6 Å². The third-order valence-corrected chi connectivity index (χ3v) is 6.13. The molecule has 3 rings (SSSR count). The Bertz CT molecular complexity index is 584. The third kappa shape index (κ3) is 4.42. The molecule has 0 aromatic heterocycles. The number of nitrogens with zero attached hydrogens (tertiary/aromatic N) is 2. The molecule has 2 fully saturated rings. The van der Waals surface area contributed by atoms with Crippen LogP contribution in [0.3, 0.4) is 0 Å². The van der Waals surface area contributed by atoms with E-state index in [0.717, 1.165) is 36.8 Å². The molecule has 2 heterocycles. The second kappa shape index (κ2) is 8.16. The number of hydrogen-bond acceptors (Lipinski definition) is 4. The van der Waals surface area contributed by atoms with E-state index in [-0.39, 0.29) is 18.0 Å². The minimum atomic E-state index is -0.151. The predicted molar refractivity (Wildman–Crippen MR) is 104 cm³/mol. The number of likely N-dealkylation sites (N-methyl/N-ethyl adjacent to an activating group) is 1. The van der Waals surface area contributed by atoms with Gasteiger partial charge in [-0.1, -0.05) is 28.1 Å². The number of rotatable bonds is 4. The Labute approximate surface area is 159 Å². The van der Waals surface area contributed by atoms with Crippen LogP contribution in [0.5, 0.6) is 0 Å². The Morgan fingerprint density at radius 2 is 1.84 bits per heavy atom. The van der Waals surface area contributed by atoms with Crippen molar-refractivity contribution in [1.29, 1.82) is 0 Å². The first-order chi connectivity index (χ1) is 12.0. The van der Waals surface area contributed by atoms with Gasteiger partial charge in [0.05, 0.1) is 0 Å².